The van der Waals surface area contributed by atoms with Gasteiger partial charge in [-0.3, -0.25) is 4.79 Å². The number of hydrogen-bond donors (Lipinski definition) is 2. The van der Waals surface area contributed by atoms with Crippen molar-refractivity contribution in [3.05, 3.63) is 0 Å². The molecule has 4 unspecified atom stereocenters. The molecule has 0 aromatic heterocycles. The number of aliphatic carboxylic acids is 1. The highest BCUT2D eigenvalue weighted by Crippen LogP contribution is 2.40. The van der Waals surface area contributed by atoms with Gasteiger partial charge >= 0.3 is 5.97 Å². The fraction of sp³-hybridized carbons (Fsp3) is 0.933. The molecule has 1 fully saturated rings. The molecular formula is C15H28O3. The van der Waals surface area contributed by atoms with Gasteiger partial charge in [-0.25, -0.2) is 0 Å². The molecule has 0 heterocycles. The highest BCUT2D eigenvalue weighted by Gasteiger charge is 2.31. The van der Waals surface area contributed by atoms with Crippen LogP contribution in [0.4, 0.5) is 0 Å². The van der Waals surface area contributed by atoms with E-state index in [4.69, 9.17) is 5.11 Å². The Labute approximate surface area is 111 Å². The van der Waals surface area contributed by atoms with E-state index in [1.807, 2.05) is 0 Å². The van der Waals surface area contributed by atoms with Gasteiger partial charge in [-0.15, -0.1) is 0 Å². The summed E-state index contributed by atoms with van der Waals surface area (Å²) < 4.78 is 0. The molecule has 0 aromatic carbocycles. The van der Waals surface area contributed by atoms with Crippen LogP contribution >= 0.6 is 0 Å². The summed E-state index contributed by atoms with van der Waals surface area (Å²) >= 11 is 0. The zero-order chi connectivity index (χ0) is 13.7. The van der Waals surface area contributed by atoms with Gasteiger partial charge in [0.15, 0.2) is 0 Å². The Morgan fingerprint density at radius 2 is 2.00 bits per heavy atom. The molecule has 4 atom stereocenters. The zero-order valence-electron chi connectivity index (χ0n) is 11.9. The summed E-state index contributed by atoms with van der Waals surface area (Å²) in [6.07, 6.45) is 4.55. The van der Waals surface area contributed by atoms with E-state index < -0.39 is 12.1 Å². The molecule has 0 spiro atoms. The fourth-order valence-corrected chi connectivity index (χ4v) is 3.43. The Morgan fingerprint density at radius 1 is 1.33 bits per heavy atom. The van der Waals surface area contributed by atoms with E-state index in [2.05, 4.69) is 20.8 Å². The molecule has 1 rings (SSSR count). The molecule has 106 valence electrons. The minimum absolute atomic E-state index is 0.0792. The van der Waals surface area contributed by atoms with Gasteiger partial charge in [0.25, 0.3) is 0 Å². The second-order valence-corrected chi connectivity index (χ2v) is 6.41. The van der Waals surface area contributed by atoms with Crippen LogP contribution in [0.1, 0.15) is 59.3 Å². The molecule has 3 nitrogen and oxygen atoms in total. The molecule has 18 heavy (non-hydrogen) atoms. The maximum absolute atomic E-state index is 10.5. The first-order chi connectivity index (χ1) is 8.40. The Bertz CT molecular complexity index is 262. The Hall–Kier alpha value is -0.570. The first-order valence-corrected chi connectivity index (χ1v) is 7.30. The van der Waals surface area contributed by atoms with Gasteiger partial charge in [0.2, 0.25) is 0 Å². The molecule has 0 bridgehead atoms. The number of carboxylic acid groups (broad SMARTS) is 1. The fourth-order valence-electron chi connectivity index (χ4n) is 3.43. The van der Waals surface area contributed by atoms with Crippen molar-refractivity contribution >= 4 is 5.97 Å². The second-order valence-electron chi connectivity index (χ2n) is 6.41. The van der Waals surface area contributed by atoms with E-state index in [0.29, 0.717) is 24.2 Å². The van der Waals surface area contributed by atoms with Crippen LogP contribution in [0.5, 0.6) is 0 Å². The zero-order valence-corrected chi connectivity index (χ0v) is 11.9. The molecule has 2 N–H and O–H groups in total. The highest BCUT2D eigenvalue weighted by molar-refractivity contribution is 5.66. The summed E-state index contributed by atoms with van der Waals surface area (Å²) in [5.74, 6) is 1.86. The van der Waals surface area contributed by atoms with Crippen LogP contribution in [-0.2, 0) is 4.79 Å². The van der Waals surface area contributed by atoms with Crippen molar-refractivity contribution in [2.45, 2.75) is 65.4 Å². The summed E-state index contributed by atoms with van der Waals surface area (Å²) in [4.78, 5) is 10.5. The van der Waals surface area contributed by atoms with Gasteiger partial charge < -0.3 is 10.2 Å². The average molecular weight is 256 g/mol. The van der Waals surface area contributed by atoms with E-state index in [9.17, 15) is 9.90 Å². The Morgan fingerprint density at radius 3 is 2.56 bits per heavy atom. The van der Waals surface area contributed by atoms with Crippen LogP contribution < -0.4 is 0 Å². The molecule has 3 heteroatoms. The molecule has 1 aliphatic carbocycles. The summed E-state index contributed by atoms with van der Waals surface area (Å²) in [6, 6.07) is 0. The number of carboxylic acids is 1. The third kappa shape index (κ3) is 4.97. The highest BCUT2D eigenvalue weighted by atomic mass is 16.4. The predicted molar refractivity (Wildman–Crippen MR) is 72.3 cm³/mol. The monoisotopic (exact) mass is 256 g/mol. The van der Waals surface area contributed by atoms with Crippen LogP contribution in [0.15, 0.2) is 0 Å². The topological polar surface area (TPSA) is 57.5 Å². The number of carbonyl (C=O) groups is 1. The maximum Gasteiger partial charge on any atom is 0.303 e. The van der Waals surface area contributed by atoms with Gasteiger partial charge in [0.05, 0.1) is 6.10 Å². The van der Waals surface area contributed by atoms with Crippen LogP contribution in [0.2, 0.25) is 0 Å². The van der Waals surface area contributed by atoms with Crippen LogP contribution in [-0.4, -0.2) is 22.3 Å². The molecule has 0 aromatic rings. The van der Waals surface area contributed by atoms with Gasteiger partial charge in [-0.05, 0) is 49.4 Å². The summed E-state index contributed by atoms with van der Waals surface area (Å²) in [5, 5.41) is 18.6. The molecule has 0 aliphatic heterocycles. The first-order valence-electron chi connectivity index (χ1n) is 7.30. The number of aliphatic hydroxyl groups is 1. The van der Waals surface area contributed by atoms with E-state index in [0.717, 1.165) is 12.3 Å². The second kappa shape index (κ2) is 7.13. The normalized spacial score (nSPS) is 30.4. The summed E-state index contributed by atoms with van der Waals surface area (Å²) in [6.45, 7) is 6.81. The molecule has 1 aliphatic rings. The van der Waals surface area contributed by atoms with Crippen LogP contribution in [0, 0.1) is 23.7 Å². The summed E-state index contributed by atoms with van der Waals surface area (Å²) in [7, 11) is 0. The van der Waals surface area contributed by atoms with E-state index in [1.165, 1.54) is 19.3 Å². The number of aliphatic hydroxyl groups excluding tert-OH is 1. The third-order valence-corrected chi connectivity index (χ3v) is 4.43. The quantitative estimate of drug-likeness (QED) is 0.766. The standard InChI is InChI=1S/C15H28O3/c1-10(2)14-6-4-11(3)8-12(14)9-13(16)5-7-15(17)18/h10-14,16H,4-9H2,1-3H3,(H,17,18). The van der Waals surface area contributed by atoms with Crippen molar-refractivity contribution in [2.24, 2.45) is 23.7 Å². The molecule has 0 saturated heterocycles. The lowest BCUT2D eigenvalue weighted by molar-refractivity contribution is -0.137. The lowest BCUT2D eigenvalue weighted by atomic mass is 9.68. The minimum Gasteiger partial charge on any atom is -0.481 e. The molecule has 1 saturated carbocycles. The Kier molecular flexibility index (Phi) is 6.13. The van der Waals surface area contributed by atoms with Crippen molar-refractivity contribution in [1.82, 2.24) is 0 Å². The molecule has 0 amide bonds. The molecule has 0 radical (unpaired) electrons. The smallest absolute Gasteiger partial charge is 0.303 e. The minimum atomic E-state index is -0.813. The van der Waals surface area contributed by atoms with Gasteiger partial charge in [0, 0.05) is 6.42 Å². The van der Waals surface area contributed by atoms with Gasteiger partial charge in [-0.2, -0.15) is 0 Å². The average Bonchev–Trinajstić information content (AvgIpc) is 2.26. The first kappa shape index (κ1) is 15.5. The lowest BCUT2D eigenvalue weighted by Crippen LogP contribution is -2.30. The van der Waals surface area contributed by atoms with Crippen molar-refractivity contribution in [1.29, 1.82) is 0 Å². The van der Waals surface area contributed by atoms with Crippen LogP contribution in [0.3, 0.4) is 0 Å². The largest absolute Gasteiger partial charge is 0.481 e. The van der Waals surface area contributed by atoms with E-state index in [1.54, 1.807) is 0 Å². The lowest BCUT2D eigenvalue weighted by Gasteiger charge is -2.38. The van der Waals surface area contributed by atoms with Gasteiger partial charge in [-0.1, -0.05) is 27.2 Å². The third-order valence-electron chi connectivity index (χ3n) is 4.43. The van der Waals surface area contributed by atoms with Crippen LogP contribution in [0.25, 0.3) is 0 Å². The van der Waals surface area contributed by atoms with Crippen molar-refractivity contribution in [2.75, 3.05) is 0 Å². The van der Waals surface area contributed by atoms with Crippen molar-refractivity contribution in [3.63, 3.8) is 0 Å². The van der Waals surface area contributed by atoms with Gasteiger partial charge in [0.1, 0.15) is 0 Å². The van der Waals surface area contributed by atoms with Crippen molar-refractivity contribution in [3.8, 4) is 0 Å². The van der Waals surface area contributed by atoms with E-state index in [-0.39, 0.29) is 6.42 Å². The SMILES string of the molecule is CC1CCC(C(C)C)C(CC(O)CCC(=O)O)C1. The maximum atomic E-state index is 10.5. The van der Waals surface area contributed by atoms with Crippen molar-refractivity contribution < 1.29 is 15.0 Å². The molecular weight excluding hydrogens is 228 g/mol. The summed E-state index contributed by atoms with van der Waals surface area (Å²) in [5.41, 5.74) is 0. The number of hydrogen-bond acceptors (Lipinski definition) is 2. The predicted octanol–water partition coefficient (Wildman–Crippen LogP) is 3.31. The Balaban J connectivity index is 2.47. The van der Waals surface area contributed by atoms with E-state index >= 15 is 0 Å². The number of rotatable bonds is 6.